The summed E-state index contributed by atoms with van der Waals surface area (Å²) in [6.07, 6.45) is -0.571. The first-order valence-corrected chi connectivity index (χ1v) is 10.1. The quantitative estimate of drug-likeness (QED) is 0.485. The first kappa shape index (κ1) is 21.2. The Morgan fingerprint density at radius 2 is 1.62 bits per heavy atom. The lowest BCUT2D eigenvalue weighted by Gasteiger charge is -2.18. The minimum absolute atomic E-state index is 0.351. The van der Waals surface area contributed by atoms with Crippen LogP contribution in [0.25, 0.3) is 0 Å². The van der Waals surface area contributed by atoms with E-state index in [2.05, 4.69) is 5.32 Å². The van der Waals surface area contributed by atoms with Crippen molar-refractivity contribution in [3.8, 4) is 11.5 Å². The lowest BCUT2D eigenvalue weighted by atomic mass is 10.1. The zero-order valence-corrected chi connectivity index (χ0v) is 17.2. The fourth-order valence-electron chi connectivity index (χ4n) is 3.04. The Hall–Kier alpha value is -2.53. The highest BCUT2D eigenvalue weighted by Crippen LogP contribution is 2.33. The molecule has 4 nitrogen and oxygen atoms in total. The fraction of sp³-hybridized carbons (Fsp3) is 0.250. The van der Waals surface area contributed by atoms with E-state index < -0.39 is 6.10 Å². The van der Waals surface area contributed by atoms with Crippen molar-refractivity contribution in [3.63, 3.8) is 0 Å². The fourth-order valence-corrected chi connectivity index (χ4v) is 3.23. The molecule has 29 heavy (non-hydrogen) atoms. The lowest BCUT2D eigenvalue weighted by molar-refractivity contribution is 0.174. The van der Waals surface area contributed by atoms with E-state index in [1.807, 2.05) is 79.7 Å². The Bertz CT molecular complexity index is 902. The Balaban J connectivity index is 1.68. The van der Waals surface area contributed by atoms with Crippen LogP contribution in [0.5, 0.6) is 11.5 Å². The number of halogens is 1. The summed E-state index contributed by atoms with van der Waals surface area (Å²) in [7, 11) is 0. The third-order valence-corrected chi connectivity index (χ3v) is 4.90. The van der Waals surface area contributed by atoms with Gasteiger partial charge in [0.05, 0.1) is 12.7 Å². The molecule has 0 saturated carbocycles. The largest absolute Gasteiger partial charge is 0.490 e. The number of hydrogen-bond acceptors (Lipinski definition) is 4. The van der Waals surface area contributed by atoms with Crippen LogP contribution >= 0.6 is 11.6 Å². The van der Waals surface area contributed by atoms with E-state index >= 15 is 0 Å². The molecule has 0 aliphatic carbocycles. The van der Waals surface area contributed by atoms with Crippen molar-refractivity contribution in [1.82, 2.24) is 5.32 Å². The summed E-state index contributed by atoms with van der Waals surface area (Å²) in [5.41, 5.74) is 2.76. The first-order valence-electron chi connectivity index (χ1n) is 9.73. The van der Waals surface area contributed by atoms with Crippen LogP contribution in [0.4, 0.5) is 0 Å². The summed E-state index contributed by atoms with van der Waals surface area (Å²) in [6.45, 7) is 3.82. The van der Waals surface area contributed by atoms with Gasteiger partial charge in [0, 0.05) is 29.2 Å². The third-order valence-electron chi connectivity index (χ3n) is 4.53. The molecule has 0 aliphatic heterocycles. The van der Waals surface area contributed by atoms with Crippen LogP contribution in [0.2, 0.25) is 5.02 Å². The second-order valence-corrected chi connectivity index (χ2v) is 7.02. The van der Waals surface area contributed by atoms with Crippen LogP contribution in [-0.2, 0) is 13.2 Å². The minimum atomic E-state index is -0.571. The Kier molecular flexibility index (Phi) is 7.94. The predicted molar refractivity (Wildman–Crippen MR) is 117 cm³/mol. The van der Waals surface area contributed by atoms with E-state index in [4.69, 9.17) is 21.1 Å². The summed E-state index contributed by atoms with van der Waals surface area (Å²) >= 11 is 6.26. The number of aliphatic hydroxyl groups is 1. The van der Waals surface area contributed by atoms with E-state index in [9.17, 15) is 5.11 Å². The molecule has 0 heterocycles. The molecule has 0 unspecified atom stereocenters. The van der Waals surface area contributed by atoms with Gasteiger partial charge in [-0.15, -0.1) is 0 Å². The molecule has 0 radical (unpaired) electrons. The van der Waals surface area contributed by atoms with Crippen molar-refractivity contribution in [2.45, 2.75) is 26.2 Å². The van der Waals surface area contributed by atoms with Gasteiger partial charge in [-0.25, -0.2) is 0 Å². The molecular formula is C24H26ClNO3. The van der Waals surface area contributed by atoms with Crippen LogP contribution in [0.15, 0.2) is 72.8 Å². The summed E-state index contributed by atoms with van der Waals surface area (Å²) < 4.78 is 11.9. The molecule has 0 aliphatic rings. The molecule has 0 saturated heterocycles. The van der Waals surface area contributed by atoms with Crippen LogP contribution in [-0.4, -0.2) is 18.3 Å². The molecule has 5 heteroatoms. The maximum atomic E-state index is 10.4. The average Bonchev–Trinajstić information content (AvgIpc) is 2.75. The van der Waals surface area contributed by atoms with Gasteiger partial charge >= 0.3 is 0 Å². The highest BCUT2D eigenvalue weighted by molar-refractivity contribution is 6.31. The zero-order valence-electron chi connectivity index (χ0n) is 16.5. The average molecular weight is 412 g/mol. The van der Waals surface area contributed by atoms with E-state index in [1.54, 1.807) is 0 Å². The number of para-hydroxylation sites is 1. The van der Waals surface area contributed by atoms with Gasteiger partial charge in [-0.05, 0) is 24.6 Å². The maximum absolute atomic E-state index is 10.4. The topological polar surface area (TPSA) is 50.7 Å². The molecule has 0 spiro atoms. The highest BCUT2D eigenvalue weighted by atomic mass is 35.5. The van der Waals surface area contributed by atoms with Crippen molar-refractivity contribution in [2.75, 3.05) is 13.2 Å². The summed E-state index contributed by atoms with van der Waals surface area (Å²) in [5, 5.41) is 14.3. The predicted octanol–water partition coefficient (Wildman–Crippen LogP) is 5.14. The zero-order chi connectivity index (χ0) is 20.5. The highest BCUT2D eigenvalue weighted by Gasteiger charge is 2.13. The van der Waals surface area contributed by atoms with Crippen molar-refractivity contribution in [2.24, 2.45) is 0 Å². The molecule has 0 aromatic heterocycles. The second-order valence-electron chi connectivity index (χ2n) is 6.61. The van der Waals surface area contributed by atoms with Gasteiger partial charge in [-0.2, -0.15) is 0 Å². The molecule has 0 amide bonds. The van der Waals surface area contributed by atoms with E-state index in [1.165, 1.54) is 0 Å². The summed E-state index contributed by atoms with van der Waals surface area (Å²) in [4.78, 5) is 0. The minimum Gasteiger partial charge on any atom is -0.490 e. The van der Waals surface area contributed by atoms with E-state index in [0.29, 0.717) is 42.8 Å². The van der Waals surface area contributed by atoms with E-state index in [-0.39, 0.29) is 0 Å². The number of ether oxygens (including phenoxy) is 2. The van der Waals surface area contributed by atoms with Gasteiger partial charge in [0.1, 0.15) is 6.61 Å². The van der Waals surface area contributed by atoms with Crippen LogP contribution in [0.1, 0.15) is 29.7 Å². The summed E-state index contributed by atoms with van der Waals surface area (Å²) in [6, 6.07) is 23.1. The Morgan fingerprint density at radius 1 is 0.897 bits per heavy atom. The number of hydrogen-bond donors (Lipinski definition) is 2. The third kappa shape index (κ3) is 5.97. The SMILES string of the molecule is CCOc1cccc(CNC[C@H](O)c2ccccc2)c1OCc1ccccc1Cl. The number of aliphatic hydroxyl groups excluding tert-OH is 1. The lowest BCUT2D eigenvalue weighted by Crippen LogP contribution is -2.21. The molecule has 3 aromatic carbocycles. The van der Waals surface area contributed by atoms with Gasteiger partial charge in [0.2, 0.25) is 0 Å². The second kappa shape index (κ2) is 10.9. The van der Waals surface area contributed by atoms with E-state index in [0.717, 1.165) is 16.7 Å². The van der Waals surface area contributed by atoms with Gasteiger partial charge in [0.25, 0.3) is 0 Å². The molecule has 2 N–H and O–H groups in total. The maximum Gasteiger partial charge on any atom is 0.166 e. The molecule has 3 aromatic rings. The number of nitrogens with one attached hydrogen (secondary N) is 1. The van der Waals surface area contributed by atoms with Gasteiger partial charge in [-0.1, -0.05) is 72.3 Å². The Morgan fingerprint density at radius 3 is 2.38 bits per heavy atom. The normalized spacial score (nSPS) is 11.8. The molecule has 3 rings (SSSR count). The standard InChI is InChI=1S/C24H26ClNO3/c1-2-28-23-14-8-12-19(15-26-16-22(27)18-9-4-3-5-10-18)24(23)29-17-20-11-6-7-13-21(20)25/h3-14,22,26-27H,2,15-17H2,1H3/t22-/m0/s1. The molecule has 0 fully saturated rings. The van der Waals surface area contributed by atoms with Crippen molar-refractivity contribution in [3.05, 3.63) is 94.5 Å². The van der Waals surface area contributed by atoms with Crippen LogP contribution < -0.4 is 14.8 Å². The molecule has 152 valence electrons. The number of rotatable bonds is 10. The van der Waals surface area contributed by atoms with Crippen LogP contribution in [0, 0.1) is 0 Å². The van der Waals surface area contributed by atoms with Crippen molar-refractivity contribution in [1.29, 1.82) is 0 Å². The van der Waals surface area contributed by atoms with Crippen molar-refractivity contribution < 1.29 is 14.6 Å². The Labute approximate surface area is 177 Å². The van der Waals surface area contributed by atoms with Gasteiger partial charge in [0.15, 0.2) is 11.5 Å². The molecular weight excluding hydrogens is 386 g/mol. The van der Waals surface area contributed by atoms with Crippen molar-refractivity contribution >= 4 is 11.6 Å². The first-order chi connectivity index (χ1) is 14.2. The van der Waals surface area contributed by atoms with Crippen LogP contribution in [0.3, 0.4) is 0 Å². The van der Waals surface area contributed by atoms with Gasteiger partial charge in [-0.3, -0.25) is 0 Å². The number of benzene rings is 3. The summed E-state index contributed by atoms with van der Waals surface area (Å²) in [5.74, 6) is 1.39. The smallest absolute Gasteiger partial charge is 0.166 e. The molecule has 0 bridgehead atoms. The monoisotopic (exact) mass is 411 g/mol. The molecule has 1 atom stereocenters. The van der Waals surface area contributed by atoms with Gasteiger partial charge < -0.3 is 19.9 Å².